The SMILES string of the molecule is CCN(C=CC(=O)O)CC1CC1. The molecular formula is C9H15NO2. The van der Waals surface area contributed by atoms with E-state index in [1.165, 1.54) is 18.9 Å². The molecule has 0 aromatic carbocycles. The highest BCUT2D eigenvalue weighted by molar-refractivity contribution is 5.79. The van der Waals surface area contributed by atoms with Gasteiger partial charge < -0.3 is 10.0 Å². The van der Waals surface area contributed by atoms with Crippen LogP contribution < -0.4 is 0 Å². The van der Waals surface area contributed by atoms with Gasteiger partial charge in [0.25, 0.3) is 0 Å². The summed E-state index contributed by atoms with van der Waals surface area (Å²) in [6, 6.07) is 0. The molecule has 12 heavy (non-hydrogen) atoms. The van der Waals surface area contributed by atoms with Crippen molar-refractivity contribution in [3.8, 4) is 0 Å². The smallest absolute Gasteiger partial charge is 0.329 e. The highest BCUT2D eigenvalue weighted by Gasteiger charge is 2.22. The maximum absolute atomic E-state index is 10.2. The predicted octanol–water partition coefficient (Wildman–Crippen LogP) is 1.32. The summed E-state index contributed by atoms with van der Waals surface area (Å²) in [6.45, 7) is 3.94. The van der Waals surface area contributed by atoms with Gasteiger partial charge in [0, 0.05) is 25.4 Å². The molecule has 0 saturated heterocycles. The van der Waals surface area contributed by atoms with Gasteiger partial charge in [0.1, 0.15) is 0 Å². The van der Waals surface area contributed by atoms with Crippen LogP contribution >= 0.6 is 0 Å². The van der Waals surface area contributed by atoms with Crippen LogP contribution in [0.3, 0.4) is 0 Å². The number of carbonyl (C=O) groups is 1. The Labute approximate surface area is 72.7 Å². The second-order valence-electron chi connectivity index (χ2n) is 3.18. The Morgan fingerprint density at radius 2 is 2.33 bits per heavy atom. The Morgan fingerprint density at radius 1 is 1.67 bits per heavy atom. The summed E-state index contributed by atoms with van der Waals surface area (Å²) in [7, 11) is 0. The third kappa shape index (κ3) is 3.42. The Kier molecular flexibility index (Phi) is 3.14. The zero-order valence-corrected chi connectivity index (χ0v) is 7.36. The summed E-state index contributed by atoms with van der Waals surface area (Å²) in [5, 5.41) is 8.39. The molecule has 3 nitrogen and oxygen atoms in total. The van der Waals surface area contributed by atoms with E-state index < -0.39 is 5.97 Å². The Balaban J connectivity index is 2.27. The fourth-order valence-electron chi connectivity index (χ4n) is 1.10. The molecule has 0 amide bonds. The van der Waals surface area contributed by atoms with E-state index >= 15 is 0 Å². The number of hydrogen-bond donors (Lipinski definition) is 1. The molecule has 1 aliphatic carbocycles. The summed E-state index contributed by atoms with van der Waals surface area (Å²) >= 11 is 0. The fraction of sp³-hybridized carbons (Fsp3) is 0.667. The molecule has 1 saturated carbocycles. The molecule has 0 bridgehead atoms. The highest BCUT2D eigenvalue weighted by Crippen LogP contribution is 2.29. The zero-order valence-electron chi connectivity index (χ0n) is 7.36. The summed E-state index contributed by atoms with van der Waals surface area (Å²) in [5.41, 5.74) is 0. The molecule has 0 spiro atoms. The largest absolute Gasteiger partial charge is 0.478 e. The monoisotopic (exact) mass is 169 g/mol. The summed E-state index contributed by atoms with van der Waals surface area (Å²) in [6.07, 6.45) is 5.47. The molecule has 1 fully saturated rings. The zero-order chi connectivity index (χ0) is 8.97. The molecule has 0 unspecified atom stereocenters. The van der Waals surface area contributed by atoms with Crippen LogP contribution in [-0.4, -0.2) is 29.1 Å². The number of carboxylic acids is 1. The topological polar surface area (TPSA) is 40.5 Å². The van der Waals surface area contributed by atoms with Crippen LogP contribution in [0.1, 0.15) is 19.8 Å². The van der Waals surface area contributed by atoms with Crippen molar-refractivity contribution in [3.05, 3.63) is 12.3 Å². The van der Waals surface area contributed by atoms with E-state index in [1.54, 1.807) is 6.20 Å². The molecule has 0 aliphatic heterocycles. The minimum absolute atomic E-state index is 0.809. The van der Waals surface area contributed by atoms with E-state index in [4.69, 9.17) is 5.11 Å². The molecular weight excluding hydrogens is 154 g/mol. The third-order valence-corrected chi connectivity index (χ3v) is 2.02. The number of nitrogens with zero attached hydrogens (tertiary/aromatic N) is 1. The fourth-order valence-corrected chi connectivity index (χ4v) is 1.10. The molecule has 0 aromatic heterocycles. The van der Waals surface area contributed by atoms with Gasteiger partial charge in [0.15, 0.2) is 0 Å². The second-order valence-corrected chi connectivity index (χ2v) is 3.18. The van der Waals surface area contributed by atoms with Crippen molar-refractivity contribution < 1.29 is 9.90 Å². The van der Waals surface area contributed by atoms with Crippen molar-refractivity contribution in [1.29, 1.82) is 0 Å². The van der Waals surface area contributed by atoms with E-state index in [2.05, 4.69) is 0 Å². The number of hydrogen-bond acceptors (Lipinski definition) is 2. The number of aliphatic carboxylic acids is 1. The van der Waals surface area contributed by atoms with Gasteiger partial charge in [-0.05, 0) is 25.7 Å². The van der Waals surface area contributed by atoms with Gasteiger partial charge in [0.2, 0.25) is 0 Å². The van der Waals surface area contributed by atoms with Gasteiger partial charge in [-0.1, -0.05) is 0 Å². The lowest BCUT2D eigenvalue weighted by molar-refractivity contribution is -0.131. The van der Waals surface area contributed by atoms with Crippen molar-refractivity contribution in [3.63, 3.8) is 0 Å². The van der Waals surface area contributed by atoms with E-state index in [-0.39, 0.29) is 0 Å². The molecule has 68 valence electrons. The lowest BCUT2D eigenvalue weighted by Gasteiger charge is -2.16. The molecule has 0 heterocycles. The van der Waals surface area contributed by atoms with E-state index in [9.17, 15) is 4.79 Å². The Hall–Kier alpha value is -0.990. The Bertz CT molecular complexity index is 185. The standard InChI is InChI=1S/C9H15NO2/c1-2-10(6-5-9(11)12)7-8-3-4-8/h5-6,8H,2-4,7H2,1H3,(H,11,12). The minimum atomic E-state index is -0.871. The van der Waals surface area contributed by atoms with Crippen LogP contribution in [0.25, 0.3) is 0 Å². The second kappa shape index (κ2) is 4.14. The first-order valence-corrected chi connectivity index (χ1v) is 4.37. The van der Waals surface area contributed by atoms with Gasteiger partial charge in [-0.25, -0.2) is 4.79 Å². The average Bonchev–Trinajstić information content (AvgIpc) is 2.81. The van der Waals surface area contributed by atoms with Gasteiger partial charge in [-0.2, -0.15) is 0 Å². The first-order chi connectivity index (χ1) is 5.72. The first kappa shape index (κ1) is 9.10. The van der Waals surface area contributed by atoms with Gasteiger partial charge >= 0.3 is 5.97 Å². The maximum atomic E-state index is 10.2. The highest BCUT2D eigenvalue weighted by atomic mass is 16.4. The molecule has 0 atom stereocenters. The van der Waals surface area contributed by atoms with Crippen LogP contribution in [0.4, 0.5) is 0 Å². The lowest BCUT2D eigenvalue weighted by Crippen LogP contribution is -2.19. The van der Waals surface area contributed by atoms with Crippen LogP contribution in [0, 0.1) is 5.92 Å². The lowest BCUT2D eigenvalue weighted by atomic mass is 10.4. The van der Waals surface area contributed by atoms with Crippen LogP contribution in [0.15, 0.2) is 12.3 Å². The van der Waals surface area contributed by atoms with E-state index in [1.807, 2.05) is 11.8 Å². The van der Waals surface area contributed by atoms with Crippen LogP contribution in [0.5, 0.6) is 0 Å². The van der Waals surface area contributed by atoms with Crippen molar-refractivity contribution >= 4 is 5.97 Å². The predicted molar refractivity (Wildman–Crippen MR) is 46.7 cm³/mol. The van der Waals surface area contributed by atoms with Crippen molar-refractivity contribution in [2.45, 2.75) is 19.8 Å². The number of rotatable bonds is 5. The Morgan fingerprint density at radius 3 is 2.75 bits per heavy atom. The quantitative estimate of drug-likeness (QED) is 0.631. The van der Waals surface area contributed by atoms with E-state index in [0.29, 0.717) is 0 Å². The van der Waals surface area contributed by atoms with Crippen LogP contribution in [0.2, 0.25) is 0 Å². The number of carboxylic acid groups (broad SMARTS) is 1. The first-order valence-electron chi connectivity index (χ1n) is 4.37. The van der Waals surface area contributed by atoms with Crippen molar-refractivity contribution in [1.82, 2.24) is 4.90 Å². The molecule has 3 heteroatoms. The molecule has 1 N–H and O–H groups in total. The van der Waals surface area contributed by atoms with Gasteiger partial charge in [-0.3, -0.25) is 0 Å². The van der Waals surface area contributed by atoms with Crippen molar-refractivity contribution in [2.24, 2.45) is 5.92 Å². The molecule has 0 aromatic rings. The summed E-state index contributed by atoms with van der Waals surface area (Å²) in [4.78, 5) is 12.3. The minimum Gasteiger partial charge on any atom is -0.478 e. The molecule has 1 aliphatic rings. The van der Waals surface area contributed by atoms with Crippen LogP contribution in [-0.2, 0) is 4.79 Å². The maximum Gasteiger partial charge on any atom is 0.329 e. The summed E-state index contributed by atoms with van der Waals surface area (Å²) < 4.78 is 0. The summed E-state index contributed by atoms with van der Waals surface area (Å²) in [5.74, 6) is -0.0624. The average molecular weight is 169 g/mol. The normalized spacial score (nSPS) is 16.8. The van der Waals surface area contributed by atoms with Gasteiger partial charge in [0.05, 0.1) is 0 Å². The van der Waals surface area contributed by atoms with Crippen molar-refractivity contribution in [2.75, 3.05) is 13.1 Å². The molecule has 1 rings (SSSR count). The van der Waals surface area contributed by atoms with Gasteiger partial charge in [-0.15, -0.1) is 0 Å². The third-order valence-electron chi connectivity index (χ3n) is 2.02. The van der Waals surface area contributed by atoms with E-state index in [0.717, 1.165) is 19.0 Å². The molecule has 0 radical (unpaired) electrons.